The van der Waals surface area contributed by atoms with E-state index in [-0.39, 0.29) is 17.9 Å². The first-order valence-electron chi connectivity index (χ1n) is 6.58. The Morgan fingerprint density at radius 2 is 2.25 bits per heavy atom. The molecule has 3 rings (SSSR count). The highest BCUT2D eigenvalue weighted by Crippen LogP contribution is 2.40. The fourth-order valence-corrected chi connectivity index (χ4v) is 3.97. The third kappa shape index (κ3) is 2.55. The Labute approximate surface area is 127 Å². The monoisotopic (exact) mass is 308 g/mol. The molecule has 1 amide bonds. The maximum atomic E-state index is 12.7. The number of benzene rings is 1. The summed E-state index contributed by atoms with van der Waals surface area (Å²) in [6.45, 7) is 1.58. The lowest BCUT2D eigenvalue weighted by molar-refractivity contribution is -0.137. The molecule has 0 aromatic heterocycles. The number of carbonyl (C=O) groups excluding carboxylic acids is 1. The number of nitrogens with two attached hydrogens (primary N) is 1. The van der Waals surface area contributed by atoms with E-state index in [1.165, 1.54) is 4.90 Å². The van der Waals surface area contributed by atoms with E-state index in [1.54, 1.807) is 11.8 Å². The van der Waals surface area contributed by atoms with Crippen molar-refractivity contribution in [2.45, 2.75) is 16.9 Å². The van der Waals surface area contributed by atoms with Gasteiger partial charge in [-0.25, -0.2) is 0 Å². The van der Waals surface area contributed by atoms with Crippen LogP contribution in [0.3, 0.4) is 0 Å². The van der Waals surface area contributed by atoms with Gasteiger partial charge in [-0.3, -0.25) is 4.79 Å². The standard InChI is InChI=1S/C14H16N2O2S2/c15-13(19)11-7-16(5-6-18-11)14(17)10-8-20-12-4-2-1-3-9(10)12/h1-4,10-11H,5-8H2,(H2,15,19). The number of rotatable bonds is 2. The highest BCUT2D eigenvalue weighted by atomic mass is 32.2. The van der Waals surface area contributed by atoms with Crippen molar-refractivity contribution < 1.29 is 9.53 Å². The zero-order valence-electron chi connectivity index (χ0n) is 11.0. The lowest BCUT2D eigenvalue weighted by Crippen LogP contribution is -2.51. The molecule has 0 spiro atoms. The van der Waals surface area contributed by atoms with Crippen LogP contribution in [0.4, 0.5) is 0 Å². The first-order chi connectivity index (χ1) is 9.66. The second-order valence-electron chi connectivity index (χ2n) is 4.95. The summed E-state index contributed by atoms with van der Waals surface area (Å²) in [4.78, 5) is 16.1. The molecular weight excluding hydrogens is 292 g/mol. The molecule has 1 aromatic carbocycles. The Kier molecular flexibility index (Phi) is 3.96. The summed E-state index contributed by atoms with van der Waals surface area (Å²) in [5.74, 6) is 0.918. The van der Waals surface area contributed by atoms with Crippen LogP contribution in [0, 0.1) is 0 Å². The smallest absolute Gasteiger partial charge is 0.231 e. The van der Waals surface area contributed by atoms with Crippen molar-refractivity contribution in [2.75, 3.05) is 25.4 Å². The summed E-state index contributed by atoms with van der Waals surface area (Å²) >= 11 is 6.71. The van der Waals surface area contributed by atoms with Gasteiger partial charge in [-0.05, 0) is 11.6 Å². The number of thiocarbonyl (C=S) groups is 1. The zero-order valence-corrected chi connectivity index (χ0v) is 12.6. The van der Waals surface area contributed by atoms with Gasteiger partial charge >= 0.3 is 0 Å². The van der Waals surface area contributed by atoms with Crippen molar-refractivity contribution in [1.82, 2.24) is 4.90 Å². The minimum Gasteiger partial charge on any atom is -0.391 e. The number of hydrogen-bond donors (Lipinski definition) is 1. The minimum absolute atomic E-state index is 0.0544. The lowest BCUT2D eigenvalue weighted by Gasteiger charge is -2.34. The second kappa shape index (κ2) is 5.71. The predicted octanol–water partition coefficient (Wildman–Crippen LogP) is 1.39. The highest BCUT2D eigenvalue weighted by molar-refractivity contribution is 7.99. The van der Waals surface area contributed by atoms with Crippen LogP contribution >= 0.6 is 24.0 Å². The van der Waals surface area contributed by atoms with Crippen LogP contribution in [0.2, 0.25) is 0 Å². The minimum atomic E-state index is -0.313. The van der Waals surface area contributed by atoms with Gasteiger partial charge in [-0.1, -0.05) is 30.4 Å². The molecule has 0 radical (unpaired) electrons. The van der Waals surface area contributed by atoms with Crippen molar-refractivity contribution in [1.29, 1.82) is 0 Å². The predicted molar refractivity (Wildman–Crippen MR) is 83.0 cm³/mol. The number of nitrogens with zero attached hydrogens (tertiary/aromatic N) is 1. The number of carbonyl (C=O) groups is 1. The third-order valence-electron chi connectivity index (χ3n) is 3.69. The van der Waals surface area contributed by atoms with Crippen LogP contribution in [0.25, 0.3) is 0 Å². The molecule has 0 bridgehead atoms. The van der Waals surface area contributed by atoms with Crippen molar-refractivity contribution >= 4 is 34.9 Å². The van der Waals surface area contributed by atoms with Gasteiger partial charge in [0.1, 0.15) is 11.1 Å². The summed E-state index contributed by atoms with van der Waals surface area (Å²) in [6.07, 6.45) is -0.313. The van der Waals surface area contributed by atoms with Crippen molar-refractivity contribution in [3.63, 3.8) is 0 Å². The highest BCUT2D eigenvalue weighted by Gasteiger charge is 2.34. The molecule has 2 atom stereocenters. The Bertz CT molecular complexity index is 550. The molecular formula is C14H16N2O2S2. The van der Waals surface area contributed by atoms with Gasteiger partial charge in [0.15, 0.2) is 0 Å². The van der Waals surface area contributed by atoms with Gasteiger partial charge in [-0.2, -0.15) is 0 Å². The van der Waals surface area contributed by atoms with Gasteiger partial charge < -0.3 is 15.4 Å². The van der Waals surface area contributed by atoms with E-state index in [1.807, 2.05) is 23.1 Å². The lowest BCUT2D eigenvalue weighted by atomic mass is 9.99. The van der Waals surface area contributed by atoms with Crippen LogP contribution in [-0.4, -0.2) is 47.3 Å². The summed E-state index contributed by atoms with van der Waals surface area (Å²) in [7, 11) is 0. The van der Waals surface area contributed by atoms with E-state index >= 15 is 0 Å². The average Bonchev–Trinajstić information content (AvgIpc) is 2.90. The molecule has 106 valence electrons. The van der Waals surface area contributed by atoms with E-state index in [4.69, 9.17) is 22.7 Å². The van der Waals surface area contributed by atoms with Crippen LogP contribution in [0.1, 0.15) is 11.5 Å². The van der Waals surface area contributed by atoms with Gasteiger partial charge in [0.25, 0.3) is 0 Å². The summed E-state index contributed by atoms with van der Waals surface area (Å²) in [5.41, 5.74) is 6.76. The quantitative estimate of drug-likeness (QED) is 0.837. The number of amides is 1. The van der Waals surface area contributed by atoms with E-state index in [0.29, 0.717) is 24.7 Å². The molecule has 2 aliphatic rings. The Morgan fingerprint density at radius 3 is 3.05 bits per heavy atom. The Balaban J connectivity index is 1.75. The molecule has 2 heterocycles. The van der Waals surface area contributed by atoms with Crippen molar-refractivity contribution in [2.24, 2.45) is 5.73 Å². The fraction of sp³-hybridized carbons (Fsp3) is 0.429. The van der Waals surface area contributed by atoms with Crippen LogP contribution in [0.15, 0.2) is 29.2 Å². The van der Waals surface area contributed by atoms with Gasteiger partial charge in [0, 0.05) is 17.2 Å². The second-order valence-corrected chi connectivity index (χ2v) is 6.48. The molecule has 2 unspecified atom stereocenters. The molecule has 6 heteroatoms. The van der Waals surface area contributed by atoms with E-state index in [0.717, 1.165) is 11.3 Å². The van der Waals surface area contributed by atoms with Crippen molar-refractivity contribution in [3.05, 3.63) is 29.8 Å². The number of morpholine rings is 1. The SMILES string of the molecule is NC(=S)C1CN(C(=O)C2CSc3ccccc32)CCO1. The zero-order chi connectivity index (χ0) is 14.1. The normalized spacial score (nSPS) is 25.3. The van der Waals surface area contributed by atoms with Gasteiger partial charge in [0.05, 0.1) is 19.1 Å². The van der Waals surface area contributed by atoms with E-state index < -0.39 is 0 Å². The molecule has 2 N–H and O–H groups in total. The fourth-order valence-electron chi connectivity index (χ4n) is 2.61. The number of ether oxygens (including phenoxy) is 1. The molecule has 4 nitrogen and oxygen atoms in total. The molecule has 0 saturated carbocycles. The number of hydrogen-bond acceptors (Lipinski definition) is 4. The largest absolute Gasteiger partial charge is 0.391 e. The first-order valence-corrected chi connectivity index (χ1v) is 7.97. The van der Waals surface area contributed by atoms with Gasteiger partial charge in [-0.15, -0.1) is 11.8 Å². The third-order valence-corrected chi connectivity index (χ3v) is 5.14. The molecule has 1 fully saturated rings. The Morgan fingerprint density at radius 1 is 1.45 bits per heavy atom. The maximum Gasteiger partial charge on any atom is 0.231 e. The molecule has 20 heavy (non-hydrogen) atoms. The molecule has 0 aliphatic carbocycles. The van der Waals surface area contributed by atoms with E-state index in [9.17, 15) is 4.79 Å². The first kappa shape index (κ1) is 13.9. The topological polar surface area (TPSA) is 55.6 Å². The van der Waals surface area contributed by atoms with Crippen LogP contribution < -0.4 is 5.73 Å². The van der Waals surface area contributed by atoms with Crippen LogP contribution in [0.5, 0.6) is 0 Å². The summed E-state index contributed by atoms with van der Waals surface area (Å²) in [5, 5.41) is 0. The van der Waals surface area contributed by atoms with Crippen LogP contribution in [-0.2, 0) is 9.53 Å². The molecule has 2 aliphatic heterocycles. The molecule has 1 aromatic rings. The summed E-state index contributed by atoms with van der Waals surface area (Å²) < 4.78 is 5.49. The number of fused-ring (bicyclic) bond motifs is 1. The average molecular weight is 308 g/mol. The van der Waals surface area contributed by atoms with Gasteiger partial charge in [0.2, 0.25) is 5.91 Å². The number of thioether (sulfide) groups is 1. The summed E-state index contributed by atoms with van der Waals surface area (Å²) in [6, 6.07) is 8.12. The molecule has 1 saturated heterocycles. The maximum absolute atomic E-state index is 12.7. The van der Waals surface area contributed by atoms with E-state index in [2.05, 4.69) is 6.07 Å². The van der Waals surface area contributed by atoms with Crippen molar-refractivity contribution in [3.8, 4) is 0 Å². The Hall–Kier alpha value is -1.11.